The first-order valence-electron chi connectivity index (χ1n) is 22.8. The smallest absolute Gasteiger partial charge is 0.394 e. The molecule has 0 aliphatic carbocycles. The molecule has 0 spiro atoms. The lowest BCUT2D eigenvalue weighted by molar-refractivity contribution is -0.0635. The standard InChI is InChI=1S/C38H44N12O24P2S2/c51-5-13-27(25(35(69-13)49-11-43-19-29(49)39-9-41-31(19)59)73-75(63,64)67-7-15-21(55)23(57)33(71-15)47-3-1-17(53)45-37(47)61)77-78-28-14(6-52)70-36(50-12-44-20-30(50)40-10-42-32(20)60)26(28)74-76(65,66)68-8-16-22(56)24(58)34(72-16)48-4-2-18(54)46-38(48)62/h1-4,9-16,21-28,33-36,51-52,55-58H,5-8H2,(H,63,64)(H,65,66)(H,39,41,59)(H,40,42,60)(H,45,53,61)(H,46,54,62)/t13-,14-,15-,16-,21-,22-,23-,24-,25-,26-,27-,28-,33-,34-,35-,36-/m1/s1. The molecular weight excluding hydrogens is 1130 g/mol. The summed E-state index contributed by atoms with van der Waals surface area (Å²) in [6, 6.07) is 1.88. The van der Waals surface area contributed by atoms with Crippen LogP contribution in [0.4, 0.5) is 0 Å². The van der Waals surface area contributed by atoms with Crippen LogP contribution in [0.15, 0.2) is 78.6 Å². The second-order valence-electron chi connectivity index (χ2n) is 17.5. The van der Waals surface area contributed by atoms with Gasteiger partial charge in [0.05, 0.1) is 74.4 Å². The minimum absolute atomic E-state index is 0.133. The number of phosphoric acid groups is 2. The molecule has 40 heteroatoms. The Bertz CT molecular complexity index is 3420. The molecule has 0 radical (unpaired) electrons. The molecule has 4 fully saturated rings. The Morgan fingerprint density at radius 1 is 0.551 bits per heavy atom. The molecule has 0 saturated carbocycles. The van der Waals surface area contributed by atoms with Crippen molar-refractivity contribution in [3.05, 3.63) is 112 Å². The fourth-order valence-corrected chi connectivity index (χ4v) is 14.6. The van der Waals surface area contributed by atoms with Gasteiger partial charge >= 0.3 is 27.0 Å². The van der Waals surface area contributed by atoms with Gasteiger partial charge in [0.25, 0.3) is 22.2 Å². The molecule has 422 valence electrons. The topological polar surface area (TPSA) is 507 Å². The van der Waals surface area contributed by atoms with Gasteiger partial charge in [-0.3, -0.25) is 65.5 Å². The predicted molar refractivity (Wildman–Crippen MR) is 257 cm³/mol. The van der Waals surface area contributed by atoms with E-state index < -0.39 is 172 Å². The number of hydrogen-bond acceptors (Lipinski definition) is 28. The van der Waals surface area contributed by atoms with Crippen molar-refractivity contribution in [2.24, 2.45) is 0 Å². The number of aromatic amines is 4. The summed E-state index contributed by atoms with van der Waals surface area (Å²) < 4.78 is 77.6. The number of fused-ring (bicyclic) bond motifs is 2. The van der Waals surface area contributed by atoms with E-state index in [1.807, 2.05) is 9.97 Å². The summed E-state index contributed by atoms with van der Waals surface area (Å²) in [6.07, 6.45) is -17.0. The van der Waals surface area contributed by atoms with Crippen molar-refractivity contribution in [2.45, 2.75) is 96.5 Å². The molecule has 0 aromatic carbocycles. The SMILES string of the molecule is O=c1ccn([C@@H]2O[C@H](COP(=O)(O)O[C@@H]3[C@H](SS[C@H]4[C@@H](OP(=O)(O)OC[C@H]5O[C@@H](n6ccc(=O)[nH]c6=O)[C@H](O)[C@@H]5O)[C@H](n5cnc6c(=O)[nH]cnc65)O[C@@H]4CO)[C@@H](CO)O[C@H]3n3cnc4c(=O)[nH]cnc43)[C@@H](O)[C@H]2O)c(=O)[nH]1. The average Bonchev–Trinajstić information content (AvgIpc) is 4.32. The molecule has 0 amide bonds. The van der Waals surface area contributed by atoms with Crippen LogP contribution in [0.3, 0.4) is 0 Å². The maximum atomic E-state index is 14.1. The fourth-order valence-electron chi connectivity index (χ4n) is 8.99. The fraction of sp³-hybridized carbons (Fsp3) is 0.526. The molecule has 2 unspecified atom stereocenters. The predicted octanol–water partition coefficient (Wildman–Crippen LogP) is -5.51. The maximum Gasteiger partial charge on any atom is 0.472 e. The maximum absolute atomic E-state index is 14.1. The molecule has 10 rings (SSSR count). The minimum Gasteiger partial charge on any atom is -0.394 e. The summed E-state index contributed by atoms with van der Waals surface area (Å²) >= 11 is 0. The van der Waals surface area contributed by atoms with Crippen LogP contribution < -0.4 is 33.6 Å². The van der Waals surface area contributed by atoms with E-state index in [1.165, 1.54) is 0 Å². The Morgan fingerprint density at radius 2 is 0.936 bits per heavy atom. The van der Waals surface area contributed by atoms with Gasteiger partial charge in [0.2, 0.25) is 0 Å². The van der Waals surface area contributed by atoms with E-state index in [-0.39, 0.29) is 22.3 Å². The number of ether oxygens (including phenoxy) is 4. The molecule has 12 N–H and O–H groups in total. The zero-order valence-corrected chi connectivity index (χ0v) is 42.5. The van der Waals surface area contributed by atoms with Crippen molar-refractivity contribution in [3.63, 3.8) is 0 Å². The van der Waals surface area contributed by atoms with Gasteiger partial charge in [-0.15, -0.1) is 0 Å². The number of imidazole rings is 2. The third-order valence-corrected chi connectivity index (χ3v) is 18.1. The van der Waals surface area contributed by atoms with Crippen molar-refractivity contribution in [3.8, 4) is 0 Å². The monoisotopic (exact) mass is 1180 g/mol. The number of aliphatic hydroxyl groups is 6. The molecular formula is C38H44N12O24P2S2. The first kappa shape index (κ1) is 55.9. The van der Waals surface area contributed by atoms with Gasteiger partial charge in [-0.2, -0.15) is 0 Å². The summed E-state index contributed by atoms with van der Waals surface area (Å²) in [5, 5.41) is 62.0. The molecule has 4 saturated heterocycles. The molecule has 78 heavy (non-hydrogen) atoms. The second kappa shape index (κ2) is 22.3. The highest BCUT2D eigenvalue weighted by atomic mass is 33.1. The normalized spacial score (nSPS) is 32.8. The van der Waals surface area contributed by atoms with Gasteiger partial charge < -0.3 is 69.3 Å². The summed E-state index contributed by atoms with van der Waals surface area (Å²) in [5.41, 5.74) is -5.69. The van der Waals surface area contributed by atoms with Crippen LogP contribution in [-0.4, -0.2) is 197 Å². The molecule has 18 atom stereocenters. The number of rotatable bonds is 19. The third kappa shape index (κ3) is 10.8. The lowest BCUT2D eigenvalue weighted by Crippen LogP contribution is -2.37. The van der Waals surface area contributed by atoms with Crippen LogP contribution in [-0.2, 0) is 46.2 Å². The highest BCUT2D eigenvalue weighted by Crippen LogP contribution is 2.57. The van der Waals surface area contributed by atoms with Crippen LogP contribution in [0.1, 0.15) is 24.9 Å². The second-order valence-corrected chi connectivity index (χ2v) is 23.0. The Morgan fingerprint density at radius 3 is 1.31 bits per heavy atom. The number of H-pyrrole nitrogens is 4. The lowest BCUT2D eigenvalue weighted by Gasteiger charge is -2.29. The minimum atomic E-state index is -5.45. The molecule has 6 aromatic rings. The quantitative estimate of drug-likeness (QED) is 0.0266. The average molecular weight is 1180 g/mol. The third-order valence-electron chi connectivity index (χ3n) is 12.7. The van der Waals surface area contributed by atoms with E-state index in [1.54, 1.807) is 0 Å². The van der Waals surface area contributed by atoms with Crippen molar-refractivity contribution in [2.75, 3.05) is 26.4 Å². The Hall–Kier alpha value is -5.42. The number of nitrogens with one attached hydrogen (secondary N) is 4. The largest absolute Gasteiger partial charge is 0.472 e. The molecule has 4 aliphatic rings. The number of aromatic nitrogens is 12. The highest BCUT2D eigenvalue weighted by molar-refractivity contribution is 8.77. The molecule has 10 heterocycles. The van der Waals surface area contributed by atoms with Crippen molar-refractivity contribution >= 4 is 59.6 Å². The van der Waals surface area contributed by atoms with E-state index in [0.29, 0.717) is 0 Å². The van der Waals surface area contributed by atoms with Gasteiger partial charge in [-0.05, 0) is 0 Å². The lowest BCUT2D eigenvalue weighted by atomic mass is 10.1. The van der Waals surface area contributed by atoms with Crippen molar-refractivity contribution in [1.82, 2.24) is 58.1 Å². The zero-order chi connectivity index (χ0) is 55.5. The number of phosphoric ester groups is 2. The first-order valence-corrected chi connectivity index (χ1v) is 28.1. The highest BCUT2D eigenvalue weighted by Gasteiger charge is 2.55. The summed E-state index contributed by atoms with van der Waals surface area (Å²) in [6.45, 7) is -3.64. The van der Waals surface area contributed by atoms with E-state index >= 15 is 0 Å². The van der Waals surface area contributed by atoms with Crippen LogP contribution in [0.25, 0.3) is 22.3 Å². The van der Waals surface area contributed by atoms with Crippen LogP contribution >= 0.6 is 37.2 Å². The van der Waals surface area contributed by atoms with E-state index in [4.69, 9.17) is 37.0 Å². The van der Waals surface area contributed by atoms with E-state index in [9.17, 15) is 78.3 Å². The summed E-state index contributed by atoms with van der Waals surface area (Å²) in [4.78, 5) is 121. The number of hydrogen-bond donors (Lipinski definition) is 12. The molecule has 0 bridgehead atoms. The number of nitrogens with zero attached hydrogens (tertiary/aromatic N) is 8. The van der Waals surface area contributed by atoms with E-state index in [2.05, 4.69) is 29.9 Å². The molecule has 6 aromatic heterocycles. The van der Waals surface area contributed by atoms with Gasteiger partial charge in [0, 0.05) is 24.5 Å². The molecule has 36 nitrogen and oxygen atoms in total. The first-order chi connectivity index (χ1) is 37.2. The molecule has 4 aliphatic heterocycles. The number of aliphatic hydroxyl groups excluding tert-OH is 6. The van der Waals surface area contributed by atoms with Crippen molar-refractivity contribution in [1.29, 1.82) is 0 Å². The Labute approximate surface area is 438 Å². The summed E-state index contributed by atoms with van der Waals surface area (Å²) in [7, 11) is -9.43. The Balaban J connectivity index is 0.928. The van der Waals surface area contributed by atoms with Gasteiger partial charge in [0.1, 0.15) is 48.8 Å². The van der Waals surface area contributed by atoms with Crippen LogP contribution in [0, 0.1) is 0 Å². The zero-order valence-electron chi connectivity index (χ0n) is 39.1. The summed E-state index contributed by atoms with van der Waals surface area (Å²) in [5.74, 6) is 0. The van der Waals surface area contributed by atoms with Crippen molar-refractivity contribution < 1.29 is 86.6 Å². The van der Waals surface area contributed by atoms with E-state index in [0.717, 1.165) is 89.7 Å². The van der Waals surface area contributed by atoms with Gasteiger partial charge in [-0.25, -0.2) is 38.7 Å². The Kier molecular flexibility index (Phi) is 15.9. The van der Waals surface area contributed by atoms with Gasteiger partial charge in [0.15, 0.2) is 47.2 Å². The van der Waals surface area contributed by atoms with Crippen LogP contribution in [0.5, 0.6) is 0 Å². The van der Waals surface area contributed by atoms with Gasteiger partial charge in [-0.1, -0.05) is 21.6 Å². The van der Waals surface area contributed by atoms with Crippen LogP contribution in [0.2, 0.25) is 0 Å².